The number of fused-ring (bicyclic) bond motifs is 8. The fourth-order valence-corrected chi connectivity index (χ4v) is 7.67. The van der Waals surface area contributed by atoms with Crippen molar-refractivity contribution < 1.29 is 4.42 Å². The van der Waals surface area contributed by atoms with Crippen molar-refractivity contribution in [3.63, 3.8) is 0 Å². The number of rotatable bonds is 2. The minimum Gasteiger partial charge on any atom is -0.464 e. The first-order valence-corrected chi connectivity index (χ1v) is 14.4. The zero-order chi connectivity index (χ0) is 26.2. The molecule has 0 spiro atoms. The molecule has 9 rings (SSSR count). The van der Waals surface area contributed by atoms with Crippen LogP contribution in [0.25, 0.3) is 85.7 Å². The summed E-state index contributed by atoms with van der Waals surface area (Å²) in [6, 6.07) is 46.6. The van der Waals surface area contributed by atoms with Gasteiger partial charge in [-0.3, -0.25) is 0 Å². The normalized spacial score (nSPS) is 12.0. The minimum absolute atomic E-state index is 0.938. The Morgan fingerprint density at radius 3 is 1.75 bits per heavy atom. The van der Waals surface area contributed by atoms with E-state index < -0.39 is 0 Å². The van der Waals surface area contributed by atoms with Gasteiger partial charge in [-0.15, -0.1) is 11.3 Å². The van der Waals surface area contributed by atoms with Crippen LogP contribution in [0.4, 0.5) is 0 Å². The molecule has 0 fully saturated rings. The van der Waals surface area contributed by atoms with E-state index >= 15 is 0 Å². The topological polar surface area (TPSA) is 13.1 Å². The molecule has 40 heavy (non-hydrogen) atoms. The fraction of sp³-hybridized carbons (Fsp3) is 0. The van der Waals surface area contributed by atoms with Gasteiger partial charge in [-0.05, 0) is 91.0 Å². The van der Waals surface area contributed by atoms with E-state index in [-0.39, 0.29) is 0 Å². The standard InChI is InChI=1S/C38H22OS/c1-2-8-24-21-25(14-13-23(24)7-1)36-27-9-3-5-11-29(27)37(30-12-6-4-10-28(30)36)26-15-17-34-32(22-26)38-31-19-20-39-33(31)16-18-35(38)40-34/h1-22H. The molecular weight excluding hydrogens is 504 g/mol. The summed E-state index contributed by atoms with van der Waals surface area (Å²) in [5.41, 5.74) is 6.01. The molecule has 1 nitrogen and oxygen atoms in total. The number of thiophene rings is 1. The van der Waals surface area contributed by atoms with Gasteiger partial charge in [0.25, 0.3) is 0 Å². The van der Waals surface area contributed by atoms with Gasteiger partial charge in [0.2, 0.25) is 0 Å². The molecule has 2 heterocycles. The van der Waals surface area contributed by atoms with Crippen LogP contribution in [0.5, 0.6) is 0 Å². The molecule has 0 aliphatic carbocycles. The molecule has 0 N–H and O–H groups in total. The van der Waals surface area contributed by atoms with Crippen LogP contribution in [0.2, 0.25) is 0 Å². The maximum absolute atomic E-state index is 5.76. The second kappa shape index (κ2) is 8.29. The van der Waals surface area contributed by atoms with Crippen LogP contribution in [0, 0.1) is 0 Å². The highest BCUT2D eigenvalue weighted by molar-refractivity contribution is 7.26. The van der Waals surface area contributed by atoms with Gasteiger partial charge in [0, 0.05) is 25.6 Å². The molecule has 0 atom stereocenters. The molecule has 0 saturated heterocycles. The lowest BCUT2D eigenvalue weighted by atomic mass is 9.85. The molecule has 186 valence electrons. The third kappa shape index (κ3) is 3.08. The van der Waals surface area contributed by atoms with Crippen LogP contribution < -0.4 is 0 Å². The molecular formula is C38H22OS. The predicted octanol–water partition coefficient (Wildman–Crippen LogP) is 11.6. The van der Waals surface area contributed by atoms with Crippen LogP contribution in [-0.2, 0) is 0 Å². The first kappa shape index (κ1) is 22.0. The van der Waals surface area contributed by atoms with Gasteiger partial charge >= 0.3 is 0 Å². The first-order chi connectivity index (χ1) is 19.8. The zero-order valence-electron chi connectivity index (χ0n) is 21.5. The molecule has 0 saturated carbocycles. The van der Waals surface area contributed by atoms with E-state index in [0.29, 0.717) is 0 Å². The van der Waals surface area contributed by atoms with Crippen LogP contribution in [0.1, 0.15) is 0 Å². The first-order valence-electron chi connectivity index (χ1n) is 13.6. The Hall–Kier alpha value is -4.92. The molecule has 0 unspecified atom stereocenters. The van der Waals surface area contributed by atoms with Gasteiger partial charge in [-0.25, -0.2) is 0 Å². The van der Waals surface area contributed by atoms with Crippen molar-refractivity contribution in [3.05, 3.63) is 134 Å². The third-order valence-corrected chi connectivity index (χ3v) is 9.46. The van der Waals surface area contributed by atoms with Crippen LogP contribution in [0.15, 0.2) is 138 Å². The van der Waals surface area contributed by atoms with Crippen LogP contribution >= 0.6 is 11.3 Å². The van der Waals surface area contributed by atoms with E-state index in [1.165, 1.54) is 80.1 Å². The van der Waals surface area contributed by atoms with E-state index in [9.17, 15) is 0 Å². The summed E-state index contributed by atoms with van der Waals surface area (Å²) in [6.07, 6.45) is 1.80. The van der Waals surface area contributed by atoms with Crippen molar-refractivity contribution in [3.8, 4) is 22.3 Å². The lowest BCUT2D eigenvalue weighted by Crippen LogP contribution is -1.91. The summed E-state index contributed by atoms with van der Waals surface area (Å²) in [4.78, 5) is 0. The summed E-state index contributed by atoms with van der Waals surface area (Å²) in [7, 11) is 0. The molecule has 0 aliphatic heterocycles. The average molecular weight is 527 g/mol. The lowest BCUT2D eigenvalue weighted by molar-refractivity contribution is 0.616. The summed E-state index contributed by atoms with van der Waals surface area (Å²) in [5.74, 6) is 0. The third-order valence-electron chi connectivity index (χ3n) is 8.32. The Morgan fingerprint density at radius 2 is 1.02 bits per heavy atom. The van der Waals surface area contributed by atoms with E-state index in [1.54, 1.807) is 6.26 Å². The SMILES string of the molecule is c1ccc2cc(-c3c4ccccc4c(-c4ccc5sc6ccc7occc7c6c5c4)c4ccccc34)ccc2c1. The second-order valence-electron chi connectivity index (χ2n) is 10.5. The number of hydrogen-bond acceptors (Lipinski definition) is 2. The Bertz CT molecular complexity index is 2380. The monoisotopic (exact) mass is 526 g/mol. The Balaban J connectivity index is 1.39. The Labute approximate surface area is 234 Å². The van der Waals surface area contributed by atoms with Gasteiger partial charge < -0.3 is 4.42 Å². The summed E-state index contributed by atoms with van der Waals surface area (Å²) in [5, 5.41) is 11.4. The van der Waals surface area contributed by atoms with Gasteiger partial charge in [0.15, 0.2) is 0 Å². The molecule has 0 bridgehead atoms. The summed E-state index contributed by atoms with van der Waals surface area (Å²) >= 11 is 1.85. The fourth-order valence-electron chi connectivity index (χ4n) is 6.57. The zero-order valence-corrected chi connectivity index (χ0v) is 22.3. The van der Waals surface area contributed by atoms with Gasteiger partial charge in [0.1, 0.15) is 5.58 Å². The van der Waals surface area contributed by atoms with Gasteiger partial charge in [0.05, 0.1) is 6.26 Å². The van der Waals surface area contributed by atoms with E-state index in [2.05, 4.69) is 127 Å². The quantitative estimate of drug-likeness (QED) is 0.204. The maximum atomic E-state index is 5.76. The van der Waals surface area contributed by atoms with Crippen LogP contribution in [-0.4, -0.2) is 0 Å². The molecule has 0 radical (unpaired) electrons. The highest BCUT2D eigenvalue weighted by Crippen LogP contribution is 2.46. The Morgan fingerprint density at radius 1 is 0.425 bits per heavy atom. The lowest BCUT2D eigenvalue weighted by Gasteiger charge is -2.18. The summed E-state index contributed by atoms with van der Waals surface area (Å²) < 4.78 is 8.35. The van der Waals surface area contributed by atoms with Crippen molar-refractivity contribution in [2.24, 2.45) is 0 Å². The molecule has 2 aromatic heterocycles. The van der Waals surface area contributed by atoms with Gasteiger partial charge in [-0.2, -0.15) is 0 Å². The predicted molar refractivity (Wildman–Crippen MR) is 172 cm³/mol. The van der Waals surface area contributed by atoms with Gasteiger partial charge in [-0.1, -0.05) is 91.0 Å². The van der Waals surface area contributed by atoms with Crippen molar-refractivity contribution in [1.29, 1.82) is 0 Å². The van der Waals surface area contributed by atoms with Crippen LogP contribution in [0.3, 0.4) is 0 Å². The number of furan rings is 1. The number of hydrogen-bond donors (Lipinski definition) is 0. The smallest absolute Gasteiger partial charge is 0.134 e. The van der Waals surface area contributed by atoms with Crippen molar-refractivity contribution in [2.45, 2.75) is 0 Å². The molecule has 9 aromatic rings. The molecule has 7 aromatic carbocycles. The molecule has 0 aliphatic rings. The van der Waals surface area contributed by atoms with E-state index in [0.717, 1.165) is 5.58 Å². The molecule has 2 heteroatoms. The largest absolute Gasteiger partial charge is 0.464 e. The van der Waals surface area contributed by atoms with Crippen molar-refractivity contribution in [1.82, 2.24) is 0 Å². The summed E-state index contributed by atoms with van der Waals surface area (Å²) in [6.45, 7) is 0. The minimum atomic E-state index is 0.938. The van der Waals surface area contributed by atoms with Crippen molar-refractivity contribution in [2.75, 3.05) is 0 Å². The van der Waals surface area contributed by atoms with E-state index in [1.807, 2.05) is 11.3 Å². The van der Waals surface area contributed by atoms with Crippen molar-refractivity contribution >= 4 is 74.8 Å². The highest BCUT2D eigenvalue weighted by Gasteiger charge is 2.18. The Kier molecular flexibility index (Phi) is 4.55. The van der Waals surface area contributed by atoms with E-state index in [4.69, 9.17) is 4.42 Å². The molecule has 0 amide bonds. The average Bonchev–Trinajstić information content (AvgIpc) is 3.63. The highest BCUT2D eigenvalue weighted by atomic mass is 32.1. The maximum Gasteiger partial charge on any atom is 0.134 e. The second-order valence-corrected chi connectivity index (χ2v) is 11.6. The number of benzene rings is 7.